The molecule has 0 nitrogen and oxygen atoms in total. The van der Waals surface area contributed by atoms with E-state index in [2.05, 4.69) is 13.8 Å². The lowest BCUT2D eigenvalue weighted by atomic mass is 10.1. The summed E-state index contributed by atoms with van der Waals surface area (Å²) in [5.41, 5.74) is 0. The quantitative estimate of drug-likeness (QED) is 0.346. The Morgan fingerprint density at radius 1 is 0.429 bits per heavy atom. The van der Waals surface area contributed by atoms with Crippen LogP contribution in [0.4, 0.5) is 0 Å². The van der Waals surface area contributed by atoms with Crippen LogP contribution in [0.15, 0.2) is 0 Å². The maximum Gasteiger partial charge on any atom is -0.0533 e. The van der Waals surface area contributed by atoms with Crippen molar-refractivity contribution in [2.75, 3.05) is 0 Å². The zero-order valence-corrected chi connectivity index (χ0v) is 12.5. The molecule has 0 fully saturated rings. The Morgan fingerprint density at radius 3 is 0.857 bits per heavy atom. The van der Waals surface area contributed by atoms with Gasteiger partial charge in [0.1, 0.15) is 0 Å². The highest BCUT2D eigenvalue weighted by Crippen LogP contribution is 2.10. The van der Waals surface area contributed by atoms with Gasteiger partial charge in [0.05, 0.1) is 0 Å². The molecule has 0 aliphatic heterocycles. The third-order valence-corrected chi connectivity index (χ3v) is 2.71. The van der Waals surface area contributed by atoms with E-state index >= 15 is 0 Å². The molecule has 0 saturated heterocycles. The lowest BCUT2D eigenvalue weighted by molar-refractivity contribution is 0.554. The van der Waals surface area contributed by atoms with Crippen LogP contribution < -0.4 is 0 Å². The average Bonchev–Trinajstić information content (AvgIpc) is 2.16. The topological polar surface area (TPSA) is 0 Å². The minimum Gasteiger partial charge on any atom is -0.107 e. The van der Waals surface area contributed by atoms with Crippen molar-refractivity contribution < 1.29 is 0 Å². The van der Waals surface area contributed by atoms with Crippen LogP contribution in [-0.2, 0) is 0 Å². The van der Waals surface area contributed by atoms with Crippen molar-refractivity contribution in [1.82, 2.24) is 0 Å². The average molecular weight is 312 g/mol. The van der Waals surface area contributed by atoms with Gasteiger partial charge >= 0.3 is 0 Å². The zero-order valence-electron chi connectivity index (χ0n) is 10.2. The fraction of sp³-hybridized carbons (Fsp3) is 1.00. The van der Waals surface area contributed by atoms with Crippen molar-refractivity contribution in [3.05, 3.63) is 0 Å². The molecule has 0 aliphatic rings. The van der Waals surface area contributed by atoms with Crippen molar-refractivity contribution >= 4 is 24.0 Å². The van der Waals surface area contributed by atoms with E-state index in [0.29, 0.717) is 0 Å². The summed E-state index contributed by atoms with van der Waals surface area (Å²) in [6.07, 6.45) is 15.9. The highest BCUT2D eigenvalue weighted by Gasteiger charge is 1.90. The Bertz CT molecular complexity index is 71.3. The van der Waals surface area contributed by atoms with Crippen molar-refractivity contribution in [1.29, 1.82) is 0 Å². The fourth-order valence-corrected chi connectivity index (χ4v) is 1.74. The molecule has 0 radical (unpaired) electrons. The highest BCUT2D eigenvalue weighted by atomic mass is 127. The normalized spacial score (nSPS) is 9.86. The number of unbranched alkanes of at least 4 members (excludes halogenated alkanes) is 10. The molecule has 0 rings (SSSR count). The molecule has 0 aliphatic carbocycles. The first-order chi connectivity index (χ1) is 6.41. The summed E-state index contributed by atoms with van der Waals surface area (Å²) >= 11 is 0. The van der Waals surface area contributed by atoms with Gasteiger partial charge < -0.3 is 0 Å². The SMILES string of the molecule is CCCCCCCCCCCCC.I. The number of rotatable bonds is 10. The van der Waals surface area contributed by atoms with E-state index in [4.69, 9.17) is 0 Å². The summed E-state index contributed by atoms with van der Waals surface area (Å²) in [4.78, 5) is 0. The highest BCUT2D eigenvalue weighted by molar-refractivity contribution is 14.0. The summed E-state index contributed by atoms with van der Waals surface area (Å²) in [5, 5.41) is 0. The van der Waals surface area contributed by atoms with Crippen LogP contribution in [0.2, 0.25) is 0 Å². The fourth-order valence-electron chi connectivity index (χ4n) is 1.74. The molecule has 0 atom stereocenters. The van der Waals surface area contributed by atoms with E-state index in [1.165, 1.54) is 70.6 Å². The summed E-state index contributed by atoms with van der Waals surface area (Å²) < 4.78 is 0. The van der Waals surface area contributed by atoms with Gasteiger partial charge in [-0.2, -0.15) is 0 Å². The molecule has 0 spiro atoms. The summed E-state index contributed by atoms with van der Waals surface area (Å²) in [6, 6.07) is 0. The van der Waals surface area contributed by atoms with E-state index < -0.39 is 0 Å². The maximum absolute atomic E-state index is 2.28. The van der Waals surface area contributed by atoms with Gasteiger partial charge in [0.25, 0.3) is 0 Å². The third-order valence-electron chi connectivity index (χ3n) is 2.71. The minimum absolute atomic E-state index is 0. The Hall–Kier alpha value is 0.730. The molecule has 0 N–H and O–H groups in total. The van der Waals surface area contributed by atoms with E-state index in [1.54, 1.807) is 0 Å². The van der Waals surface area contributed by atoms with Gasteiger partial charge in [0.2, 0.25) is 0 Å². The Balaban J connectivity index is 0. The van der Waals surface area contributed by atoms with Crippen LogP contribution >= 0.6 is 24.0 Å². The van der Waals surface area contributed by atoms with Gasteiger partial charge in [-0.15, -0.1) is 24.0 Å². The van der Waals surface area contributed by atoms with Crippen LogP contribution in [0.1, 0.15) is 84.5 Å². The van der Waals surface area contributed by atoms with E-state index in [1.807, 2.05) is 0 Å². The molecule has 1 heteroatoms. The van der Waals surface area contributed by atoms with Crippen molar-refractivity contribution in [2.24, 2.45) is 0 Å². The van der Waals surface area contributed by atoms with Crippen molar-refractivity contribution in [2.45, 2.75) is 84.5 Å². The molecule has 14 heavy (non-hydrogen) atoms. The van der Waals surface area contributed by atoms with Crippen LogP contribution in [0, 0.1) is 0 Å². The zero-order chi connectivity index (χ0) is 9.78. The summed E-state index contributed by atoms with van der Waals surface area (Å²) in [5.74, 6) is 0. The number of halogens is 1. The number of hydrogen-bond acceptors (Lipinski definition) is 0. The monoisotopic (exact) mass is 312 g/mol. The standard InChI is InChI=1S/C13H28.HI/c1-3-5-7-9-11-13-12-10-8-6-4-2;/h3-13H2,1-2H3;1H. The Morgan fingerprint density at radius 2 is 0.643 bits per heavy atom. The van der Waals surface area contributed by atoms with Crippen molar-refractivity contribution in [3.63, 3.8) is 0 Å². The van der Waals surface area contributed by atoms with Gasteiger partial charge in [-0.25, -0.2) is 0 Å². The first kappa shape index (κ1) is 17.1. The molecule has 0 bridgehead atoms. The van der Waals surface area contributed by atoms with Gasteiger partial charge in [0, 0.05) is 0 Å². The molecule has 0 saturated carbocycles. The van der Waals surface area contributed by atoms with Crippen LogP contribution in [0.5, 0.6) is 0 Å². The largest absolute Gasteiger partial charge is 0.107 e. The molecule has 0 unspecified atom stereocenters. The molecule has 0 aromatic carbocycles. The first-order valence-corrected chi connectivity index (χ1v) is 6.41. The van der Waals surface area contributed by atoms with E-state index in [9.17, 15) is 0 Å². The minimum atomic E-state index is 0. The number of hydrogen-bond donors (Lipinski definition) is 0. The first-order valence-electron chi connectivity index (χ1n) is 6.41. The Labute approximate surface area is 108 Å². The van der Waals surface area contributed by atoms with Crippen LogP contribution in [-0.4, -0.2) is 0 Å². The smallest absolute Gasteiger partial charge is 0.0533 e. The van der Waals surface area contributed by atoms with Gasteiger partial charge in [-0.3, -0.25) is 0 Å². The molecule has 88 valence electrons. The second kappa shape index (κ2) is 16.2. The lowest BCUT2D eigenvalue weighted by Gasteiger charge is -2.00. The molecular formula is C13H29I. The summed E-state index contributed by atoms with van der Waals surface area (Å²) in [6.45, 7) is 4.56. The van der Waals surface area contributed by atoms with E-state index in [0.717, 1.165) is 0 Å². The molecule has 0 heterocycles. The van der Waals surface area contributed by atoms with Gasteiger partial charge in [-0.1, -0.05) is 84.5 Å². The molecule has 0 amide bonds. The predicted molar refractivity (Wildman–Crippen MR) is 77.6 cm³/mol. The van der Waals surface area contributed by atoms with Gasteiger partial charge in [0.15, 0.2) is 0 Å². The van der Waals surface area contributed by atoms with Crippen LogP contribution in [0.3, 0.4) is 0 Å². The maximum atomic E-state index is 2.28. The Kier molecular flexibility index (Phi) is 19.8. The van der Waals surface area contributed by atoms with Crippen molar-refractivity contribution in [3.8, 4) is 0 Å². The summed E-state index contributed by atoms with van der Waals surface area (Å²) in [7, 11) is 0. The second-order valence-corrected chi connectivity index (χ2v) is 4.18. The molecule has 0 aromatic rings. The second-order valence-electron chi connectivity index (χ2n) is 4.18. The molecular weight excluding hydrogens is 283 g/mol. The lowest BCUT2D eigenvalue weighted by Crippen LogP contribution is -1.80. The van der Waals surface area contributed by atoms with Gasteiger partial charge in [-0.05, 0) is 0 Å². The third kappa shape index (κ3) is 15.2. The van der Waals surface area contributed by atoms with Crippen LogP contribution in [0.25, 0.3) is 0 Å². The predicted octanol–water partition coefficient (Wildman–Crippen LogP) is 5.94. The molecule has 0 aromatic heterocycles. The van der Waals surface area contributed by atoms with E-state index in [-0.39, 0.29) is 24.0 Å².